The van der Waals surface area contributed by atoms with Crippen molar-refractivity contribution in [3.05, 3.63) is 47.1 Å². The average molecular weight is 301 g/mol. The van der Waals surface area contributed by atoms with Gasteiger partial charge < -0.3 is 5.32 Å². The lowest BCUT2D eigenvalue weighted by Gasteiger charge is -2.10. The van der Waals surface area contributed by atoms with E-state index in [2.05, 4.69) is 57.4 Å². The van der Waals surface area contributed by atoms with Crippen LogP contribution >= 0.6 is 15.9 Å². The number of hydrogen-bond acceptors (Lipinski definition) is 2. The maximum Gasteiger partial charge on any atom is 0.0801 e. The molecule has 0 fully saturated rings. The summed E-state index contributed by atoms with van der Waals surface area (Å²) >= 11 is 3.65. The van der Waals surface area contributed by atoms with Gasteiger partial charge in [-0.3, -0.25) is 4.98 Å². The van der Waals surface area contributed by atoms with Crippen molar-refractivity contribution in [2.75, 3.05) is 11.9 Å². The summed E-state index contributed by atoms with van der Waals surface area (Å²) in [6.07, 6.45) is 1.86. The summed E-state index contributed by atoms with van der Waals surface area (Å²) in [5, 5.41) is 6.92. The van der Waals surface area contributed by atoms with E-state index in [0.29, 0.717) is 0 Å². The summed E-state index contributed by atoms with van der Waals surface area (Å²) in [7, 11) is 0. The highest BCUT2D eigenvalue weighted by Crippen LogP contribution is 2.33. The molecule has 0 unspecified atom stereocenters. The molecule has 0 bridgehead atoms. The van der Waals surface area contributed by atoms with Crippen molar-refractivity contribution in [2.24, 2.45) is 0 Å². The quantitative estimate of drug-likeness (QED) is 0.701. The molecule has 0 atom stereocenters. The van der Waals surface area contributed by atoms with Gasteiger partial charge in [-0.2, -0.15) is 0 Å². The van der Waals surface area contributed by atoms with Crippen LogP contribution in [0, 0.1) is 0 Å². The molecule has 3 aromatic rings. The monoisotopic (exact) mass is 300 g/mol. The summed E-state index contributed by atoms with van der Waals surface area (Å²) < 4.78 is 1.11. The van der Waals surface area contributed by atoms with Crippen molar-refractivity contribution in [3.8, 4) is 0 Å². The predicted molar refractivity (Wildman–Crippen MR) is 81.1 cm³/mol. The molecule has 18 heavy (non-hydrogen) atoms. The Kier molecular flexibility index (Phi) is 2.92. The normalized spacial score (nSPS) is 11.0. The van der Waals surface area contributed by atoms with Gasteiger partial charge in [0.15, 0.2) is 0 Å². The van der Waals surface area contributed by atoms with Crippen LogP contribution in [0.1, 0.15) is 6.92 Å². The van der Waals surface area contributed by atoms with E-state index in [-0.39, 0.29) is 0 Å². The van der Waals surface area contributed by atoms with E-state index in [4.69, 9.17) is 0 Å². The molecular formula is C15H13BrN2. The molecule has 0 aliphatic carbocycles. The molecule has 0 aliphatic rings. The van der Waals surface area contributed by atoms with Gasteiger partial charge in [0.05, 0.1) is 5.52 Å². The second-order valence-corrected chi connectivity index (χ2v) is 5.04. The first-order valence-electron chi connectivity index (χ1n) is 6.01. The topological polar surface area (TPSA) is 24.9 Å². The first-order valence-corrected chi connectivity index (χ1v) is 6.80. The van der Waals surface area contributed by atoms with Crippen LogP contribution in [0.5, 0.6) is 0 Å². The molecule has 3 heteroatoms. The van der Waals surface area contributed by atoms with Crippen molar-refractivity contribution in [3.63, 3.8) is 0 Å². The Morgan fingerprint density at radius 2 is 1.89 bits per heavy atom. The van der Waals surface area contributed by atoms with Gasteiger partial charge >= 0.3 is 0 Å². The first-order chi connectivity index (χ1) is 8.81. The van der Waals surface area contributed by atoms with Crippen LogP contribution < -0.4 is 5.32 Å². The maximum absolute atomic E-state index is 4.53. The van der Waals surface area contributed by atoms with Crippen molar-refractivity contribution in [1.29, 1.82) is 0 Å². The third kappa shape index (κ3) is 1.75. The number of nitrogens with zero attached hydrogens (tertiary/aromatic N) is 1. The molecule has 2 nitrogen and oxygen atoms in total. The number of anilines is 1. The highest BCUT2D eigenvalue weighted by atomic mass is 79.9. The number of aromatic nitrogens is 1. The smallest absolute Gasteiger partial charge is 0.0801 e. The van der Waals surface area contributed by atoms with Crippen molar-refractivity contribution < 1.29 is 0 Å². The zero-order valence-electron chi connectivity index (χ0n) is 10.1. The van der Waals surface area contributed by atoms with Gasteiger partial charge in [-0.05, 0) is 24.4 Å². The second-order valence-electron chi connectivity index (χ2n) is 4.19. The molecule has 0 radical (unpaired) electrons. The van der Waals surface area contributed by atoms with Crippen LogP contribution in [0.2, 0.25) is 0 Å². The third-order valence-electron chi connectivity index (χ3n) is 3.07. The molecule has 0 saturated heterocycles. The minimum Gasteiger partial charge on any atom is -0.385 e. The van der Waals surface area contributed by atoms with E-state index in [1.54, 1.807) is 0 Å². The Labute approximate surface area is 114 Å². The van der Waals surface area contributed by atoms with Gasteiger partial charge in [-0.15, -0.1) is 0 Å². The summed E-state index contributed by atoms with van der Waals surface area (Å²) in [5.41, 5.74) is 2.18. The Bertz CT molecular complexity index is 722. The largest absolute Gasteiger partial charge is 0.385 e. The maximum atomic E-state index is 4.53. The number of pyridine rings is 1. The molecule has 1 N–H and O–H groups in total. The summed E-state index contributed by atoms with van der Waals surface area (Å²) in [6, 6.07) is 12.5. The van der Waals surface area contributed by atoms with Crippen LogP contribution in [0.4, 0.5) is 5.69 Å². The van der Waals surface area contributed by atoms with Crippen LogP contribution in [-0.2, 0) is 0 Å². The predicted octanol–water partition coefficient (Wildman–Crippen LogP) is 4.58. The Morgan fingerprint density at radius 3 is 2.67 bits per heavy atom. The summed E-state index contributed by atoms with van der Waals surface area (Å²) in [5.74, 6) is 0. The standard InChI is InChI=1S/C15H13BrN2/c1-2-17-14-7-8-18-15-11-6-4-3-5-10(11)13(16)9-12(14)15/h3-9H,2H2,1H3,(H,17,18). The molecule has 0 saturated carbocycles. The van der Waals surface area contributed by atoms with Crippen LogP contribution in [0.25, 0.3) is 21.7 Å². The first kappa shape index (κ1) is 11.5. The molecule has 0 spiro atoms. The van der Waals surface area contributed by atoms with Gasteiger partial charge in [0, 0.05) is 33.7 Å². The molecule has 0 aliphatic heterocycles. The average Bonchev–Trinajstić information content (AvgIpc) is 2.41. The summed E-state index contributed by atoms with van der Waals surface area (Å²) in [4.78, 5) is 4.53. The molecule has 3 rings (SSSR count). The van der Waals surface area contributed by atoms with E-state index < -0.39 is 0 Å². The lowest BCUT2D eigenvalue weighted by molar-refractivity contribution is 1.21. The van der Waals surface area contributed by atoms with Gasteiger partial charge in [0.2, 0.25) is 0 Å². The fourth-order valence-electron chi connectivity index (χ4n) is 2.28. The van der Waals surface area contributed by atoms with E-state index in [0.717, 1.165) is 27.6 Å². The number of fused-ring (bicyclic) bond motifs is 3. The summed E-state index contributed by atoms with van der Waals surface area (Å²) in [6.45, 7) is 3.01. The Morgan fingerprint density at radius 1 is 1.11 bits per heavy atom. The van der Waals surface area contributed by atoms with Crippen molar-refractivity contribution in [2.45, 2.75) is 6.92 Å². The lowest BCUT2D eigenvalue weighted by atomic mass is 10.1. The zero-order valence-corrected chi connectivity index (χ0v) is 11.7. The Hall–Kier alpha value is -1.61. The van der Waals surface area contributed by atoms with Crippen molar-refractivity contribution in [1.82, 2.24) is 4.98 Å². The minimum absolute atomic E-state index is 0.906. The lowest BCUT2D eigenvalue weighted by Crippen LogP contribution is -1.98. The van der Waals surface area contributed by atoms with Crippen LogP contribution in [0.3, 0.4) is 0 Å². The third-order valence-corrected chi connectivity index (χ3v) is 3.72. The van der Waals surface area contributed by atoms with E-state index >= 15 is 0 Å². The SMILES string of the molecule is CCNc1ccnc2c1cc(Br)c1ccccc12. The van der Waals surface area contributed by atoms with E-state index in [9.17, 15) is 0 Å². The molecular weight excluding hydrogens is 288 g/mol. The van der Waals surface area contributed by atoms with E-state index in [1.807, 2.05) is 18.3 Å². The highest BCUT2D eigenvalue weighted by Gasteiger charge is 2.08. The van der Waals surface area contributed by atoms with Gasteiger partial charge in [-0.25, -0.2) is 0 Å². The Balaban J connectivity index is 2.46. The highest BCUT2D eigenvalue weighted by molar-refractivity contribution is 9.10. The molecule has 2 aromatic carbocycles. The van der Waals surface area contributed by atoms with E-state index in [1.165, 1.54) is 10.8 Å². The van der Waals surface area contributed by atoms with Crippen LogP contribution in [-0.4, -0.2) is 11.5 Å². The van der Waals surface area contributed by atoms with Gasteiger partial charge in [-0.1, -0.05) is 40.2 Å². The molecule has 1 heterocycles. The molecule has 0 amide bonds. The number of benzene rings is 2. The second kappa shape index (κ2) is 4.58. The number of rotatable bonds is 2. The number of hydrogen-bond donors (Lipinski definition) is 1. The minimum atomic E-state index is 0.906. The van der Waals surface area contributed by atoms with Crippen molar-refractivity contribution >= 4 is 43.3 Å². The fourth-order valence-corrected chi connectivity index (χ4v) is 2.86. The zero-order chi connectivity index (χ0) is 12.5. The van der Waals surface area contributed by atoms with Gasteiger partial charge in [0.25, 0.3) is 0 Å². The van der Waals surface area contributed by atoms with Gasteiger partial charge in [0.1, 0.15) is 0 Å². The molecule has 1 aromatic heterocycles. The molecule has 90 valence electrons. The van der Waals surface area contributed by atoms with Crippen LogP contribution in [0.15, 0.2) is 47.1 Å². The number of halogens is 1. The number of nitrogens with one attached hydrogen (secondary N) is 1. The fraction of sp³-hybridized carbons (Fsp3) is 0.133.